The number of ether oxygens (including phenoxy) is 2. The maximum atomic E-state index is 5.54. The summed E-state index contributed by atoms with van der Waals surface area (Å²) < 4.78 is 16.2. The molecule has 164 valence electrons. The minimum atomic E-state index is 0.284. The molecule has 0 aromatic carbocycles. The topological polar surface area (TPSA) is 71.3 Å². The Morgan fingerprint density at radius 1 is 1.17 bits per heavy atom. The lowest BCUT2D eigenvalue weighted by Gasteiger charge is -2.41. The molecule has 0 unspecified atom stereocenters. The summed E-state index contributed by atoms with van der Waals surface area (Å²) in [5, 5.41) is 6.88. The zero-order valence-corrected chi connectivity index (χ0v) is 18.0. The van der Waals surface area contributed by atoms with Gasteiger partial charge in [-0.15, -0.1) is 0 Å². The van der Waals surface area contributed by atoms with E-state index in [1.165, 1.54) is 32.1 Å². The van der Waals surface area contributed by atoms with Gasteiger partial charge in [0.15, 0.2) is 5.96 Å². The fraction of sp³-hybridized carbons (Fsp3) is 0.773. The van der Waals surface area contributed by atoms with Gasteiger partial charge in [0, 0.05) is 58.2 Å². The van der Waals surface area contributed by atoms with Crippen molar-refractivity contribution in [3.8, 4) is 0 Å². The van der Waals surface area contributed by atoms with Gasteiger partial charge >= 0.3 is 0 Å². The van der Waals surface area contributed by atoms with Crippen LogP contribution in [0.5, 0.6) is 0 Å². The molecule has 1 aliphatic heterocycles. The Morgan fingerprint density at radius 3 is 2.69 bits per heavy atom. The number of guanidine groups is 1. The van der Waals surface area contributed by atoms with E-state index in [-0.39, 0.29) is 5.41 Å². The van der Waals surface area contributed by atoms with Gasteiger partial charge in [-0.1, -0.05) is 19.3 Å². The highest BCUT2D eigenvalue weighted by molar-refractivity contribution is 5.79. The summed E-state index contributed by atoms with van der Waals surface area (Å²) in [6.45, 7) is 8.03. The molecule has 29 heavy (non-hydrogen) atoms. The Hall–Kier alpha value is -1.57. The highest BCUT2D eigenvalue weighted by Gasteiger charge is 2.34. The van der Waals surface area contributed by atoms with Crippen LogP contribution in [0.2, 0.25) is 0 Å². The number of nitrogens with one attached hydrogen (secondary N) is 2. The predicted octanol–water partition coefficient (Wildman–Crippen LogP) is 2.29. The van der Waals surface area contributed by atoms with Crippen LogP contribution in [0.3, 0.4) is 0 Å². The molecular formula is C22H38N4O3. The molecule has 0 amide bonds. The van der Waals surface area contributed by atoms with E-state index in [1.807, 2.05) is 12.1 Å². The SMILES string of the molecule is COCCNC(=NCC1(CN2CCOCC2)CCCCC1)NCCc1ccco1. The van der Waals surface area contributed by atoms with Crippen LogP contribution in [0.4, 0.5) is 0 Å². The Morgan fingerprint density at radius 2 is 1.97 bits per heavy atom. The molecule has 7 nitrogen and oxygen atoms in total. The lowest BCUT2D eigenvalue weighted by molar-refractivity contribution is 0.00937. The van der Waals surface area contributed by atoms with E-state index in [1.54, 1.807) is 13.4 Å². The number of nitrogens with zero attached hydrogens (tertiary/aromatic N) is 2. The van der Waals surface area contributed by atoms with Gasteiger partial charge in [0.05, 0.1) is 26.1 Å². The van der Waals surface area contributed by atoms with Crippen molar-refractivity contribution < 1.29 is 13.9 Å². The second kappa shape index (κ2) is 12.2. The zero-order valence-electron chi connectivity index (χ0n) is 18.0. The molecule has 1 saturated heterocycles. The third kappa shape index (κ3) is 7.64. The van der Waals surface area contributed by atoms with Crippen molar-refractivity contribution in [1.29, 1.82) is 0 Å². The first-order valence-electron chi connectivity index (χ1n) is 11.1. The summed E-state index contributed by atoms with van der Waals surface area (Å²) >= 11 is 0. The van der Waals surface area contributed by atoms with Crippen molar-refractivity contribution in [2.24, 2.45) is 10.4 Å². The Kier molecular flexibility index (Phi) is 9.31. The summed E-state index contributed by atoms with van der Waals surface area (Å²) in [5.74, 6) is 1.87. The van der Waals surface area contributed by atoms with E-state index in [0.717, 1.165) is 70.6 Å². The number of aliphatic imine (C=N–C) groups is 1. The summed E-state index contributed by atoms with van der Waals surface area (Å²) in [4.78, 5) is 7.60. The summed E-state index contributed by atoms with van der Waals surface area (Å²) in [7, 11) is 1.72. The third-order valence-corrected chi connectivity index (χ3v) is 5.99. The average molecular weight is 407 g/mol. The largest absolute Gasteiger partial charge is 0.469 e. The quantitative estimate of drug-likeness (QED) is 0.353. The van der Waals surface area contributed by atoms with Gasteiger partial charge < -0.3 is 24.5 Å². The maximum Gasteiger partial charge on any atom is 0.191 e. The van der Waals surface area contributed by atoms with Crippen molar-refractivity contribution in [3.05, 3.63) is 24.2 Å². The molecule has 1 aliphatic carbocycles. The Balaban J connectivity index is 1.58. The lowest BCUT2D eigenvalue weighted by atomic mass is 9.73. The number of morpholine rings is 1. The number of rotatable bonds is 10. The van der Waals surface area contributed by atoms with E-state index in [2.05, 4.69) is 15.5 Å². The van der Waals surface area contributed by atoms with E-state index in [4.69, 9.17) is 18.9 Å². The monoisotopic (exact) mass is 406 g/mol. The molecule has 1 aromatic rings. The van der Waals surface area contributed by atoms with Crippen LogP contribution in [-0.4, -0.2) is 77.1 Å². The molecule has 3 rings (SSSR count). The average Bonchev–Trinajstić information content (AvgIpc) is 3.27. The van der Waals surface area contributed by atoms with Crippen LogP contribution < -0.4 is 10.6 Å². The van der Waals surface area contributed by atoms with Crippen LogP contribution in [0, 0.1) is 5.41 Å². The minimum Gasteiger partial charge on any atom is -0.469 e. The van der Waals surface area contributed by atoms with Gasteiger partial charge in [0.1, 0.15) is 5.76 Å². The number of hydrogen-bond acceptors (Lipinski definition) is 5. The van der Waals surface area contributed by atoms with Crippen LogP contribution in [0.25, 0.3) is 0 Å². The molecule has 1 aromatic heterocycles. The van der Waals surface area contributed by atoms with Crippen molar-refractivity contribution in [1.82, 2.24) is 15.5 Å². The number of methoxy groups -OCH3 is 1. The van der Waals surface area contributed by atoms with Gasteiger partial charge in [-0.05, 0) is 25.0 Å². The van der Waals surface area contributed by atoms with Crippen molar-refractivity contribution in [2.45, 2.75) is 38.5 Å². The van der Waals surface area contributed by atoms with Crippen LogP contribution >= 0.6 is 0 Å². The van der Waals surface area contributed by atoms with Crippen LogP contribution in [0.15, 0.2) is 27.8 Å². The molecule has 0 atom stereocenters. The highest BCUT2D eigenvalue weighted by atomic mass is 16.5. The molecule has 7 heteroatoms. The minimum absolute atomic E-state index is 0.284. The van der Waals surface area contributed by atoms with Crippen LogP contribution in [-0.2, 0) is 15.9 Å². The lowest BCUT2D eigenvalue weighted by Crippen LogP contribution is -2.47. The van der Waals surface area contributed by atoms with Crippen molar-refractivity contribution in [2.75, 3.05) is 66.2 Å². The number of furan rings is 1. The van der Waals surface area contributed by atoms with Gasteiger partial charge in [-0.2, -0.15) is 0 Å². The van der Waals surface area contributed by atoms with Gasteiger partial charge in [-0.3, -0.25) is 9.89 Å². The molecule has 2 heterocycles. The highest BCUT2D eigenvalue weighted by Crippen LogP contribution is 2.37. The van der Waals surface area contributed by atoms with Crippen LogP contribution in [0.1, 0.15) is 37.9 Å². The Labute approximate surface area is 175 Å². The summed E-state index contributed by atoms with van der Waals surface area (Å²) in [6.07, 6.45) is 9.10. The van der Waals surface area contributed by atoms with Crippen molar-refractivity contribution >= 4 is 5.96 Å². The summed E-state index contributed by atoms with van der Waals surface area (Å²) in [6, 6.07) is 3.94. The molecule has 2 aliphatic rings. The fourth-order valence-electron chi connectivity index (χ4n) is 4.35. The van der Waals surface area contributed by atoms with Gasteiger partial charge in [-0.25, -0.2) is 0 Å². The Bertz CT molecular complexity index is 579. The first-order chi connectivity index (χ1) is 14.3. The molecule has 2 N–H and O–H groups in total. The maximum absolute atomic E-state index is 5.54. The second-order valence-corrected chi connectivity index (χ2v) is 8.29. The first-order valence-corrected chi connectivity index (χ1v) is 11.1. The van der Waals surface area contributed by atoms with Gasteiger partial charge in [0.25, 0.3) is 0 Å². The normalized spacial score (nSPS) is 20.5. The number of hydrogen-bond donors (Lipinski definition) is 2. The van der Waals surface area contributed by atoms with E-state index < -0.39 is 0 Å². The molecule has 0 radical (unpaired) electrons. The molecule has 2 fully saturated rings. The van der Waals surface area contributed by atoms with E-state index >= 15 is 0 Å². The van der Waals surface area contributed by atoms with Gasteiger partial charge in [0.2, 0.25) is 0 Å². The zero-order chi connectivity index (χ0) is 20.2. The molecule has 1 saturated carbocycles. The van der Waals surface area contributed by atoms with E-state index in [0.29, 0.717) is 6.61 Å². The second-order valence-electron chi connectivity index (χ2n) is 8.29. The van der Waals surface area contributed by atoms with E-state index in [9.17, 15) is 0 Å². The molecular weight excluding hydrogens is 368 g/mol. The third-order valence-electron chi connectivity index (χ3n) is 5.99. The molecule has 0 spiro atoms. The van der Waals surface area contributed by atoms with Crippen molar-refractivity contribution in [3.63, 3.8) is 0 Å². The molecule has 0 bridgehead atoms. The summed E-state index contributed by atoms with van der Waals surface area (Å²) in [5.41, 5.74) is 0.284. The smallest absolute Gasteiger partial charge is 0.191 e. The first kappa shape index (κ1) is 22.1. The fourth-order valence-corrected chi connectivity index (χ4v) is 4.35. The standard InChI is InChI=1S/C22H38N4O3/c1-27-15-11-24-21(23-10-7-20-6-5-14-29-20)25-18-22(8-3-2-4-9-22)19-26-12-16-28-17-13-26/h5-6,14H,2-4,7-13,15-19H2,1H3,(H2,23,24,25). The predicted molar refractivity (Wildman–Crippen MR) is 115 cm³/mol.